The molecule has 3 rings (SSSR count). The van der Waals surface area contributed by atoms with E-state index >= 15 is 0 Å². The maximum absolute atomic E-state index is 13.1. The summed E-state index contributed by atoms with van der Waals surface area (Å²) in [5.41, 5.74) is 0.147. The minimum atomic E-state index is -0.636. The summed E-state index contributed by atoms with van der Waals surface area (Å²) < 4.78 is 15.0. The van der Waals surface area contributed by atoms with Gasteiger partial charge in [0.1, 0.15) is 17.8 Å². The molecule has 1 fully saturated rings. The molecule has 7 heteroatoms. The van der Waals surface area contributed by atoms with Gasteiger partial charge in [-0.1, -0.05) is 6.07 Å². The first-order valence-corrected chi connectivity index (χ1v) is 6.91. The van der Waals surface area contributed by atoms with Gasteiger partial charge in [-0.05, 0) is 25.0 Å². The van der Waals surface area contributed by atoms with Crippen molar-refractivity contribution in [1.29, 1.82) is 0 Å². The number of pyridine rings is 1. The second-order valence-corrected chi connectivity index (χ2v) is 5.24. The fourth-order valence-electron chi connectivity index (χ4n) is 2.72. The van der Waals surface area contributed by atoms with Gasteiger partial charge in [0.15, 0.2) is 0 Å². The van der Waals surface area contributed by atoms with E-state index in [-0.39, 0.29) is 17.5 Å². The molecule has 0 saturated carbocycles. The molecule has 1 aliphatic heterocycles. The molecule has 1 amide bonds. The monoisotopic (exact) mass is 289 g/mol. The molecule has 0 aromatic carbocycles. The molecule has 6 nitrogen and oxygen atoms in total. The Balaban J connectivity index is 1.77. The zero-order valence-corrected chi connectivity index (χ0v) is 11.7. The second-order valence-electron chi connectivity index (χ2n) is 5.24. The Labute approximate surface area is 121 Å². The van der Waals surface area contributed by atoms with Crippen molar-refractivity contribution in [3.05, 3.63) is 42.0 Å². The van der Waals surface area contributed by atoms with Gasteiger partial charge >= 0.3 is 0 Å². The van der Waals surface area contributed by atoms with E-state index in [2.05, 4.69) is 15.2 Å². The third-order valence-electron chi connectivity index (χ3n) is 3.75. The average Bonchev–Trinajstić information content (AvgIpc) is 2.93. The largest absolute Gasteiger partial charge is 0.337 e. The summed E-state index contributed by atoms with van der Waals surface area (Å²) in [7, 11) is 1.89. The van der Waals surface area contributed by atoms with E-state index < -0.39 is 5.95 Å². The molecule has 0 spiro atoms. The molecule has 0 aliphatic carbocycles. The van der Waals surface area contributed by atoms with Gasteiger partial charge in [0.2, 0.25) is 5.95 Å². The quantitative estimate of drug-likeness (QED) is 0.783. The third kappa shape index (κ3) is 2.76. The van der Waals surface area contributed by atoms with Crippen LogP contribution in [0.1, 0.15) is 35.1 Å². The zero-order chi connectivity index (χ0) is 14.8. The molecule has 1 atom stereocenters. The van der Waals surface area contributed by atoms with Crippen LogP contribution in [0.4, 0.5) is 4.39 Å². The van der Waals surface area contributed by atoms with E-state index in [0.29, 0.717) is 13.1 Å². The summed E-state index contributed by atoms with van der Waals surface area (Å²) in [4.78, 5) is 17.8. The molecule has 1 aliphatic rings. The van der Waals surface area contributed by atoms with Gasteiger partial charge in [0.25, 0.3) is 5.91 Å². The molecule has 0 bridgehead atoms. The predicted octanol–water partition coefficient (Wildman–Crippen LogP) is 1.37. The summed E-state index contributed by atoms with van der Waals surface area (Å²) in [5, 5.41) is 8.00. The number of hydrogen-bond donors (Lipinski definition) is 0. The number of hydrogen-bond acceptors (Lipinski definition) is 4. The van der Waals surface area contributed by atoms with Crippen molar-refractivity contribution in [1.82, 2.24) is 24.6 Å². The van der Waals surface area contributed by atoms with E-state index in [9.17, 15) is 9.18 Å². The van der Waals surface area contributed by atoms with Crippen LogP contribution in [0.15, 0.2) is 24.5 Å². The number of piperidine rings is 1. The summed E-state index contributed by atoms with van der Waals surface area (Å²) >= 11 is 0. The van der Waals surface area contributed by atoms with Gasteiger partial charge in [0, 0.05) is 26.1 Å². The van der Waals surface area contributed by atoms with Crippen LogP contribution in [0.2, 0.25) is 0 Å². The average molecular weight is 289 g/mol. The number of rotatable bonds is 2. The van der Waals surface area contributed by atoms with E-state index in [1.54, 1.807) is 11.2 Å². The molecular formula is C14H16FN5O. The van der Waals surface area contributed by atoms with E-state index in [1.807, 2.05) is 11.6 Å². The fourth-order valence-corrected chi connectivity index (χ4v) is 2.72. The lowest BCUT2D eigenvalue weighted by Gasteiger charge is -2.31. The van der Waals surface area contributed by atoms with E-state index in [0.717, 1.165) is 18.7 Å². The first-order chi connectivity index (χ1) is 10.1. The number of likely N-dealkylation sites (tertiary alicyclic amines) is 1. The van der Waals surface area contributed by atoms with Crippen molar-refractivity contribution in [2.24, 2.45) is 7.05 Å². The normalized spacial score (nSPS) is 18.8. The van der Waals surface area contributed by atoms with Crippen molar-refractivity contribution in [2.45, 2.75) is 18.8 Å². The summed E-state index contributed by atoms with van der Waals surface area (Å²) in [6.45, 7) is 1.22. The first kappa shape index (κ1) is 13.7. The van der Waals surface area contributed by atoms with E-state index in [1.165, 1.54) is 18.2 Å². The highest BCUT2D eigenvalue weighted by Crippen LogP contribution is 2.25. The summed E-state index contributed by atoms with van der Waals surface area (Å²) in [6, 6.07) is 4.27. The minimum Gasteiger partial charge on any atom is -0.337 e. The molecule has 1 saturated heterocycles. The molecule has 110 valence electrons. The highest BCUT2D eigenvalue weighted by atomic mass is 19.1. The van der Waals surface area contributed by atoms with Crippen LogP contribution in [0, 0.1) is 5.95 Å². The van der Waals surface area contributed by atoms with E-state index in [4.69, 9.17) is 0 Å². The van der Waals surface area contributed by atoms with Crippen LogP contribution in [0.25, 0.3) is 0 Å². The lowest BCUT2D eigenvalue weighted by molar-refractivity contribution is 0.0696. The van der Waals surface area contributed by atoms with Gasteiger partial charge in [0.05, 0.1) is 0 Å². The molecule has 3 heterocycles. The number of carbonyl (C=O) groups excluding carboxylic acids is 1. The summed E-state index contributed by atoms with van der Waals surface area (Å²) in [6.07, 6.45) is 3.51. The molecule has 2 aromatic rings. The zero-order valence-electron chi connectivity index (χ0n) is 11.7. The van der Waals surface area contributed by atoms with Crippen molar-refractivity contribution >= 4 is 5.91 Å². The van der Waals surface area contributed by atoms with Gasteiger partial charge in [-0.15, -0.1) is 10.2 Å². The van der Waals surface area contributed by atoms with Gasteiger partial charge in [-0.3, -0.25) is 4.79 Å². The molecule has 2 aromatic heterocycles. The van der Waals surface area contributed by atoms with Gasteiger partial charge < -0.3 is 9.47 Å². The smallest absolute Gasteiger partial charge is 0.272 e. The minimum absolute atomic E-state index is 0.147. The number of carbonyl (C=O) groups is 1. The SMILES string of the molecule is Cn1cnnc1C1CCCN(C(=O)c2cccc(F)n2)C1. The Bertz CT molecular complexity index is 656. The maximum atomic E-state index is 13.1. The van der Waals surface area contributed by atoms with Crippen LogP contribution >= 0.6 is 0 Å². The Morgan fingerprint density at radius 1 is 1.43 bits per heavy atom. The van der Waals surface area contributed by atoms with Crippen molar-refractivity contribution in [3.8, 4) is 0 Å². The molecular weight excluding hydrogens is 273 g/mol. The number of aromatic nitrogens is 4. The summed E-state index contributed by atoms with van der Waals surface area (Å²) in [5.74, 6) is 0.160. The number of aryl methyl sites for hydroxylation is 1. The van der Waals surface area contributed by atoms with Crippen LogP contribution < -0.4 is 0 Å². The van der Waals surface area contributed by atoms with Gasteiger partial charge in [-0.25, -0.2) is 4.98 Å². The topological polar surface area (TPSA) is 63.9 Å². The van der Waals surface area contributed by atoms with Crippen LogP contribution in [0.3, 0.4) is 0 Å². The van der Waals surface area contributed by atoms with Crippen molar-refractivity contribution < 1.29 is 9.18 Å². The van der Waals surface area contributed by atoms with Crippen LogP contribution in [-0.4, -0.2) is 43.6 Å². The van der Waals surface area contributed by atoms with Gasteiger partial charge in [-0.2, -0.15) is 4.39 Å². The highest BCUT2D eigenvalue weighted by Gasteiger charge is 2.28. The van der Waals surface area contributed by atoms with Crippen LogP contribution in [-0.2, 0) is 7.05 Å². The fraction of sp³-hybridized carbons (Fsp3) is 0.429. The maximum Gasteiger partial charge on any atom is 0.272 e. The number of halogens is 1. The molecule has 0 N–H and O–H groups in total. The lowest BCUT2D eigenvalue weighted by Crippen LogP contribution is -2.40. The predicted molar refractivity (Wildman–Crippen MR) is 73.1 cm³/mol. The molecule has 1 unspecified atom stereocenters. The Morgan fingerprint density at radius 2 is 2.29 bits per heavy atom. The Hall–Kier alpha value is -2.31. The molecule has 21 heavy (non-hydrogen) atoms. The Kier molecular flexibility index (Phi) is 3.64. The number of nitrogens with zero attached hydrogens (tertiary/aromatic N) is 5. The standard InChI is InChI=1S/C14H16FN5O/c1-19-9-16-18-13(19)10-4-3-7-20(8-10)14(21)11-5-2-6-12(15)17-11/h2,5-6,9-10H,3-4,7-8H2,1H3. The number of amides is 1. The van der Waals surface area contributed by atoms with Crippen molar-refractivity contribution in [3.63, 3.8) is 0 Å². The lowest BCUT2D eigenvalue weighted by atomic mass is 9.97. The van der Waals surface area contributed by atoms with Crippen molar-refractivity contribution in [2.75, 3.05) is 13.1 Å². The second kappa shape index (κ2) is 5.59. The molecule has 0 radical (unpaired) electrons. The first-order valence-electron chi connectivity index (χ1n) is 6.91. The Morgan fingerprint density at radius 3 is 3.00 bits per heavy atom. The highest BCUT2D eigenvalue weighted by molar-refractivity contribution is 5.92. The third-order valence-corrected chi connectivity index (χ3v) is 3.75. The van der Waals surface area contributed by atoms with Crippen LogP contribution in [0.5, 0.6) is 0 Å².